The highest BCUT2D eigenvalue weighted by Gasteiger charge is 2.11. The number of ether oxygens (including phenoxy) is 1. The summed E-state index contributed by atoms with van der Waals surface area (Å²) < 4.78 is 6.39. The third-order valence-electron chi connectivity index (χ3n) is 9.51. The van der Waals surface area contributed by atoms with Gasteiger partial charge < -0.3 is 10.5 Å². The van der Waals surface area contributed by atoms with Crippen molar-refractivity contribution in [2.45, 2.75) is 225 Å². The van der Waals surface area contributed by atoms with E-state index in [9.17, 15) is 0 Å². The molecule has 0 saturated heterocycles. The fourth-order valence-corrected chi connectivity index (χ4v) is 6.16. The molecule has 0 bridgehead atoms. The largest absolute Gasteiger partial charge is 0.378 e. The van der Waals surface area contributed by atoms with E-state index < -0.39 is 0 Å². The Morgan fingerprint density at radius 1 is 0.444 bits per heavy atom. The van der Waals surface area contributed by atoms with Crippen molar-refractivity contribution in [1.29, 1.82) is 0 Å². The van der Waals surface area contributed by atoms with Gasteiger partial charge in [-0.2, -0.15) is 0 Å². The molecule has 1 atom stereocenters. The zero-order chi connectivity index (χ0) is 32.9. The predicted molar refractivity (Wildman–Crippen MR) is 204 cm³/mol. The molecule has 0 aliphatic heterocycles. The van der Waals surface area contributed by atoms with Crippen LogP contribution in [0.4, 0.5) is 0 Å². The van der Waals surface area contributed by atoms with Gasteiger partial charge in [-0.15, -0.1) is 0 Å². The van der Waals surface area contributed by atoms with Gasteiger partial charge in [0.25, 0.3) is 0 Å². The second-order valence-corrected chi connectivity index (χ2v) is 14.3. The van der Waals surface area contributed by atoms with Gasteiger partial charge >= 0.3 is 0 Å². The molecule has 0 aliphatic rings. The summed E-state index contributed by atoms with van der Waals surface area (Å²) in [7, 11) is 4.11. The minimum absolute atomic E-state index is 0.0986. The monoisotopic (exact) mass is 633 g/mol. The van der Waals surface area contributed by atoms with Gasteiger partial charge in [0.15, 0.2) is 0 Å². The van der Waals surface area contributed by atoms with E-state index in [0.717, 1.165) is 13.0 Å². The van der Waals surface area contributed by atoms with Crippen molar-refractivity contribution in [3.05, 3.63) is 24.3 Å². The lowest BCUT2D eigenvalue weighted by atomic mass is 10.0. The van der Waals surface area contributed by atoms with Gasteiger partial charge in [0.2, 0.25) is 0 Å². The van der Waals surface area contributed by atoms with Gasteiger partial charge in [-0.05, 0) is 84.7 Å². The van der Waals surface area contributed by atoms with Crippen LogP contribution in [0.2, 0.25) is 0 Å². The lowest BCUT2D eigenvalue weighted by Crippen LogP contribution is -2.37. The summed E-state index contributed by atoms with van der Waals surface area (Å²) in [5, 5.41) is 0. The van der Waals surface area contributed by atoms with Crippen LogP contribution in [-0.2, 0) is 4.74 Å². The molecule has 0 aromatic rings. The Kier molecular flexibility index (Phi) is 37.3. The molecule has 1 unspecified atom stereocenters. The van der Waals surface area contributed by atoms with Crippen molar-refractivity contribution in [2.75, 3.05) is 20.7 Å². The van der Waals surface area contributed by atoms with Crippen molar-refractivity contribution >= 4 is 0 Å². The molecule has 0 spiro atoms. The van der Waals surface area contributed by atoms with E-state index in [0.29, 0.717) is 6.10 Å². The Morgan fingerprint density at radius 2 is 0.756 bits per heavy atom. The summed E-state index contributed by atoms with van der Waals surface area (Å²) in [5.41, 5.74) is 6.22. The van der Waals surface area contributed by atoms with Gasteiger partial charge in [0, 0.05) is 6.61 Å². The average molecular weight is 633 g/mol. The number of hydrogen-bond donors (Lipinski definition) is 1. The third kappa shape index (κ3) is 36.0. The molecule has 0 fully saturated rings. The van der Waals surface area contributed by atoms with E-state index in [4.69, 9.17) is 10.5 Å². The Morgan fingerprint density at radius 3 is 1.09 bits per heavy atom. The molecule has 268 valence electrons. The number of hydrogen-bond acceptors (Lipinski definition) is 3. The van der Waals surface area contributed by atoms with E-state index in [1.165, 1.54) is 193 Å². The molecular weight excluding hydrogens is 548 g/mol. The van der Waals surface area contributed by atoms with Crippen molar-refractivity contribution < 1.29 is 4.74 Å². The first-order valence-corrected chi connectivity index (χ1v) is 20.4. The zero-order valence-electron chi connectivity index (χ0n) is 31.5. The van der Waals surface area contributed by atoms with E-state index in [1.807, 2.05) is 0 Å². The van der Waals surface area contributed by atoms with Gasteiger partial charge in [-0.25, -0.2) is 0 Å². The quantitative estimate of drug-likeness (QED) is 0.0421. The molecule has 0 heterocycles. The Bertz CT molecular complexity index is 560. The SMILES string of the molecule is CCCCCCCCC=CCCCCCCCCC(CCCCCCCCC=CCCCCCCCC)OCCC(N)N(C)C. The highest BCUT2D eigenvalue weighted by Crippen LogP contribution is 2.18. The van der Waals surface area contributed by atoms with Crippen molar-refractivity contribution in [1.82, 2.24) is 4.90 Å². The Labute approximate surface area is 285 Å². The summed E-state index contributed by atoms with van der Waals surface area (Å²) in [6.45, 7) is 5.38. The van der Waals surface area contributed by atoms with Gasteiger partial charge in [-0.3, -0.25) is 4.90 Å². The normalized spacial score (nSPS) is 13.6. The smallest absolute Gasteiger partial charge is 0.0588 e. The maximum atomic E-state index is 6.39. The molecule has 2 N–H and O–H groups in total. The summed E-state index contributed by atoms with van der Waals surface area (Å²) in [5.74, 6) is 0. The first kappa shape index (κ1) is 44.4. The van der Waals surface area contributed by atoms with Gasteiger partial charge in [-0.1, -0.05) is 167 Å². The van der Waals surface area contributed by atoms with Crippen LogP contribution in [0.3, 0.4) is 0 Å². The first-order chi connectivity index (χ1) is 22.1. The van der Waals surface area contributed by atoms with Crippen LogP contribution in [0.5, 0.6) is 0 Å². The maximum Gasteiger partial charge on any atom is 0.0588 e. The molecule has 0 aromatic heterocycles. The van der Waals surface area contributed by atoms with E-state index >= 15 is 0 Å². The van der Waals surface area contributed by atoms with Crippen LogP contribution in [0.15, 0.2) is 24.3 Å². The molecule has 3 nitrogen and oxygen atoms in total. The van der Waals surface area contributed by atoms with E-state index in [2.05, 4.69) is 57.1 Å². The Hall–Kier alpha value is -0.640. The minimum Gasteiger partial charge on any atom is -0.378 e. The summed E-state index contributed by atoms with van der Waals surface area (Å²) in [6, 6.07) is 0. The lowest BCUT2D eigenvalue weighted by molar-refractivity contribution is 0.0277. The first-order valence-electron chi connectivity index (χ1n) is 20.4. The summed E-state index contributed by atoms with van der Waals surface area (Å²) in [6.07, 6.45) is 52.0. The van der Waals surface area contributed by atoms with Gasteiger partial charge in [0.05, 0.1) is 12.3 Å². The minimum atomic E-state index is 0.0986. The van der Waals surface area contributed by atoms with Crippen molar-refractivity contribution in [2.24, 2.45) is 5.73 Å². The second-order valence-electron chi connectivity index (χ2n) is 14.3. The molecule has 0 amide bonds. The van der Waals surface area contributed by atoms with E-state index in [-0.39, 0.29) is 6.17 Å². The molecule has 3 heteroatoms. The standard InChI is InChI=1S/C42H84N2O/c1-5-7-9-11-13-15-17-19-21-23-25-27-29-31-33-35-37-41(45-40-39-42(43)44(3)4)38-36-34-32-30-28-26-24-22-20-18-16-14-12-10-8-6-2/h19-22,41-42H,5-18,23-40,43H2,1-4H3. The van der Waals surface area contributed by atoms with Crippen LogP contribution in [0.25, 0.3) is 0 Å². The molecule has 0 rings (SSSR count). The highest BCUT2D eigenvalue weighted by molar-refractivity contribution is 4.82. The maximum absolute atomic E-state index is 6.39. The zero-order valence-corrected chi connectivity index (χ0v) is 31.5. The fraction of sp³-hybridized carbons (Fsp3) is 0.905. The van der Waals surface area contributed by atoms with E-state index in [1.54, 1.807) is 0 Å². The second kappa shape index (κ2) is 37.8. The van der Waals surface area contributed by atoms with Gasteiger partial charge in [0.1, 0.15) is 0 Å². The van der Waals surface area contributed by atoms with Crippen molar-refractivity contribution in [3.8, 4) is 0 Å². The number of nitrogens with zero attached hydrogens (tertiary/aromatic N) is 1. The number of allylic oxidation sites excluding steroid dienone is 4. The van der Waals surface area contributed by atoms with Crippen molar-refractivity contribution in [3.63, 3.8) is 0 Å². The topological polar surface area (TPSA) is 38.5 Å². The highest BCUT2D eigenvalue weighted by atomic mass is 16.5. The summed E-state index contributed by atoms with van der Waals surface area (Å²) >= 11 is 0. The average Bonchev–Trinajstić information content (AvgIpc) is 3.03. The molecule has 0 aromatic carbocycles. The number of rotatable bonds is 37. The summed E-state index contributed by atoms with van der Waals surface area (Å²) in [4.78, 5) is 2.09. The number of unbranched alkanes of at least 4 members (excludes halogenated alkanes) is 24. The Balaban J connectivity index is 3.86. The van der Waals surface area contributed by atoms with Crippen LogP contribution >= 0.6 is 0 Å². The lowest BCUT2D eigenvalue weighted by Gasteiger charge is -2.22. The molecule has 0 aliphatic carbocycles. The number of nitrogens with two attached hydrogens (primary N) is 1. The fourth-order valence-electron chi connectivity index (χ4n) is 6.16. The molecule has 0 saturated carbocycles. The van der Waals surface area contributed by atoms with Crippen LogP contribution in [0.1, 0.15) is 213 Å². The van der Waals surface area contributed by atoms with Crippen LogP contribution in [-0.4, -0.2) is 37.9 Å². The third-order valence-corrected chi connectivity index (χ3v) is 9.51. The molecule has 45 heavy (non-hydrogen) atoms. The predicted octanol–water partition coefficient (Wildman–Crippen LogP) is 13.5. The van der Waals surface area contributed by atoms with Crippen LogP contribution in [0, 0.1) is 0 Å². The molecular formula is C42H84N2O. The molecule has 0 radical (unpaired) electrons. The van der Waals surface area contributed by atoms with Crippen LogP contribution < -0.4 is 5.73 Å².